The topological polar surface area (TPSA) is 71.3 Å². The fourth-order valence-corrected chi connectivity index (χ4v) is 4.22. The van der Waals surface area contributed by atoms with Gasteiger partial charge in [0.15, 0.2) is 0 Å². The molecule has 1 unspecified atom stereocenters. The fourth-order valence-electron chi connectivity index (χ4n) is 2.68. The molecule has 19 heavy (non-hydrogen) atoms. The van der Waals surface area contributed by atoms with Crippen molar-refractivity contribution in [1.29, 1.82) is 0 Å². The molecule has 0 saturated heterocycles. The molecule has 6 heteroatoms. The summed E-state index contributed by atoms with van der Waals surface area (Å²) >= 11 is 0. The first kappa shape index (κ1) is 14.6. The summed E-state index contributed by atoms with van der Waals surface area (Å²) in [6.07, 6.45) is 4.51. The van der Waals surface area contributed by atoms with Gasteiger partial charge in [-0.2, -0.15) is 0 Å². The molecule has 1 aromatic rings. The van der Waals surface area contributed by atoms with E-state index in [9.17, 15) is 8.42 Å². The standard InChI is InChI=1S/C13H22N2O3S/c1-13(2)6-4-5-12(13)14-19(17,18)11-7-10(9-16)15(3)8-11/h7-8,12,14,16H,4-6,9H2,1-3H3. The van der Waals surface area contributed by atoms with Gasteiger partial charge >= 0.3 is 0 Å². The molecule has 1 aliphatic carbocycles. The Hall–Kier alpha value is -0.850. The molecule has 108 valence electrons. The van der Waals surface area contributed by atoms with Crippen LogP contribution in [0, 0.1) is 5.41 Å². The normalized spacial score (nSPS) is 22.8. The van der Waals surface area contributed by atoms with Gasteiger partial charge < -0.3 is 9.67 Å². The van der Waals surface area contributed by atoms with Crippen LogP contribution in [0.2, 0.25) is 0 Å². The Morgan fingerprint density at radius 2 is 2.21 bits per heavy atom. The number of hydrogen-bond donors (Lipinski definition) is 2. The zero-order valence-electron chi connectivity index (χ0n) is 11.7. The number of nitrogens with one attached hydrogen (secondary N) is 1. The SMILES string of the molecule is Cn1cc(S(=O)(=O)NC2CCCC2(C)C)cc1CO. The van der Waals surface area contributed by atoms with Gasteiger partial charge in [0.2, 0.25) is 10.0 Å². The minimum Gasteiger partial charge on any atom is -0.390 e. The van der Waals surface area contributed by atoms with Crippen LogP contribution in [0.25, 0.3) is 0 Å². The van der Waals surface area contributed by atoms with Gasteiger partial charge in [0.25, 0.3) is 0 Å². The zero-order valence-corrected chi connectivity index (χ0v) is 12.5. The lowest BCUT2D eigenvalue weighted by Gasteiger charge is -2.27. The van der Waals surface area contributed by atoms with Crippen LogP contribution in [0.5, 0.6) is 0 Å². The molecule has 2 N–H and O–H groups in total. The Kier molecular flexibility index (Phi) is 3.77. The third kappa shape index (κ3) is 2.85. The first-order valence-electron chi connectivity index (χ1n) is 6.55. The second-order valence-electron chi connectivity index (χ2n) is 5.99. The van der Waals surface area contributed by atoms with Crippen molar-refractivity contribution < 1.29 is 13.5 Å². The summed E-state index contributed by atoms with van der Waals surface area (Å²) in [5.74, 6) is 0. The Morgan fingerprint density at radius 1 is 1.53 bits per heavy atom. The monoisotopic (exact) mass is 286 g/mol. The molecular weight excluding hydrogens is 264 g/mol. The van der Waals surface area contributed by atoms with E-state index in [0.717, 1.165) is 19.3 Å². The van der Waals surface area contributed by atoms with E-state index in [4.69, 9.17) is 5.11 Å². The van der Waals surface area contributed by atoms with E-state index in [0.29, 0.717) is 5.69 Å². The van der Waals surface area contributed by atoms with Crippen molar-refractivity contribution in [1.82, 2.24) is 9.29 Å². The summed E-state index contributed by atoms with van der Waals surface area (Å²) < 4.78 is 29.1. The van der Waals surface area contributed by atoms with E-state index in [1.165, 1.54) is 12.3 Å². The molecule has 1 heterocycles. The maximum absolute atomic E-state index is 12.4. The third-order valence-corrected chi connectivity index (χ3v) is 5.55. The van der Waals surface area contributed by atoms with Crippen LogP contribution in [0.4, 0.5) is 0 Å². The Labute approximate surface area is 114 Å². The summed E-state index contributed by atoms with van der Waals surface area (Å²) in [6.45, 7) is 4.02. The molecule has 1 fully saturated rings. The van der Waals surface area contributed by atoms with Crippen molar-refractivity contribution in [3.8, 4) is 0 Å². The predicted octanol–water partition coefficient (Wildman–Crippen LogP) is 1.37. The summed E-state index contributed by atoms with van der Waals surface area (Å²) in [7, 11) is -1.78. The molecule has 0 amide bonds. The van der Waals surface area contributed by atoms with Gasteiger partial charge in [-0.05, 0) is 24.3 Å². The van der Waals surface area contributed by atoms with Crippen LogP contribution in [0.3, 0.4) is 0 Å². The van der Waals surface area contributed by atoms with Gasteiger partial charge in [-0.3, -0.25) is 0 Å². The van der Waals surface area contributed by atoms with E-state index >= 15 is 0 Å². The molecule has 0 aromatic carbocycles. The second-order valence-corrected chi connectivity index (χ2v) is 7.70. The lowest BCUT2D eigenvalue weighted by atomic mass is 9.88. The summed E-state index contributed by atoms with van der Waals surface area (Å²) in [5, 5.41) is 9.13. The summed E-state index contributed by atoms with van der Waals surface area (Å²) in [5.41, 5.74) is 0.591. The van der Waals surface area contributed by atoms with Crippen molar-refractivity contribution in [3.05, 3.63) is 18.0 Å². The van der Waals surface area contributed by atoms with Gasteiger partial charge in [0.1, 0.15) is 0 Å². The first-order valence-corrected chi connectivity index (χ1v) is 8.03. The molecule has 1 aliphatic rings. The number of aromatic nitrogens is 1. The lowest BCUT2D eigenvalue weighted by Crippen LogP contribution is -2.41. The van der Waals surface area contributed by atoms with Crippen molar-refractivity contribution in [2.24, 2.45) is 12.5 Å². The molecule has 5 nitrogen and oxygen atoms in total. The van der Waals surface area contributed by atoms with Crippen molar-refractivity contribution in [2.75, 3.05) is 0 Å². The highest BCUT2D eigenvalue weighted by Crippen LogP contribution is 2.37. The number of hydrogen-bond acceptors (Lipinski definition) is 3. The molecule has 0 aliphatic heterocycles. The quantitative estimate of drug-likeness (QED) is 0.878. The molecule has 0 spiro atoms. The smallest absolute Gasteiger partial charge is 0.242 e. The van der Waals surface area contributed by atoms with Gasteiger partial charge in [-0.15, -0.1) is 0 Å². The first-order chi connectivity index (χ1) is 8.76. The molecular formula is C13H22N2O3S. The van der Waals surface area contributed by atoms with E-state index in [-0.39, 0.29) is 23.0 Å². The van der Waals surface area contributed by atoms with Crippen molar-refractivity contribution in [2.45, 2.75) is 50.7 Å². The molecule has 1 atom stereocenters. The number of aliphatic hydroxyl groups excluding tert-OH is 1. The van der Waals surface area contributed by atoms with E-state index in [1.54, 1.807) is 11.6 Å². The third-order valence-electron chi connectivity index (χ3n) is 4.11. The van der Waals surface area contributed by atoms with Crippen molar-refractivity contribution in [3.63, 3.8) is 0 Å². The molecule has 0 bridgehead atoms. The largest absolute Gasteiger partial charge is 0.390 e. The highest BCUT2D eigenvalue weighted by atomic mass is 32.2. The Morgan fingerprint density at radius 3 is 2.68 bits per heavy atom. The summed E-state index contributed by atoms with van der Waals surface area (Å²) in [4.78, 5) is 0.224. The summed E-state index contributed by atoms with van der Waals surface area (Å²) in [6, 6.07) is 1.50. The zero-order chi connectivity index (χ0) is 14.3. The minimum atomic E-state index is -3.51. The Balaban J connectivity index is 2.23. The fraction of sp³-hybridized carbons (Fsp3) is 0.692. The predicted molar refractivity (Wildman–Crippen MR) is 73.1 cm³/mol. The average molecular weight is 286 g/mol. The van der Waals surface area contributed by atoms with Crippen LogP contribution in [-0.4, -0.2) is 24.1 Å². The van der Waals surface area contributed by atoms with Gasteiger partial charge in [0.05, 0.1) is 11.5 Å². The van der Waals surface area contributed by atoms with Crippen LogP contribution in [0.1, 0.15) is 38.8 Å². The van der Waals surface area contributed by atoms with Crippen LogP contribution in [0.15, 0.2) is 17.2 Å². The Bertz CT molecular complexity index is 560. The number of rotatable bonds is 4. The van der Waals surface area contributed by atoms with Gasteiger partial charge in [-0.1, -0.05) is 20.3 Å². The molecule has 0 radical (unpaired) electrons. The highest BCUT2D eigenvalue weighted by Gasteiger charge is 2.37. The maximum Gasteiger partial charge on any atom is 0.242 e. The van der Waals surface area contributed by atoms with Crippen LogP contribution >= 0.6 is 0 Å². The molecule has 1 aromatic heterocycles. The minimum absolute atomic E-state index is 0.00165. The number of nitrogens with zero attached hydrogens (tertiary/aromatic N) is 1. The van der Waals surface area contributed by atoms with E-state index in [2.05, 4.69) is 18.6 Å². The highest BCUT2D eigenvalue weighted by molar-refractivity contribution is 7.89. The number of aliphatic hydroxyl groups is 1. The number of sulfonamides is 1. The van der Waals surface area contributed by atoms with Crippen molar-refractivity contribution >= 4 is 10.0 Å². The van der Waals surface area contributed by atoms with E-state index < -0.39 is 10.0 Å². The van der Waals surface area contributed by atoms with Gasteiger partial charge in [-0.25, -0.2) is 13.1 Å². The van der Waals surface area contributed by atoms with E-state index in [1.807, 2.05) is 0 Å². The molecule has 1 saturated carbocycles. The molecule has 2 rings (SSSR count). The lowest BCUT2D eigenvalue weighted by molar-refractivity contribution is 0.272. The maximum atomic E-state index is 12.4. The van der Waals surface area contributed by atoms with Crippen LogP contribution in [-0.2, 0) is 23.7 Å². The van der Waals surface area contributed by atoms with Crippen LogP contribution < -0.4 is 4.72 Å². The number of aryl methyl sites for hydroxylation is 1. The second kappa shape index (κ2) is 4.92. The average Bonchev–Trinajstić information content (AvgIpc) is 2.83. The van der Waals surface area contributed by atoms with Gasteiger partial charge in [0, 0.05) is 25.0 Å².